The highest BCUT2D eigenvalue weighted by molar-refractivity contribution is 7.89. The Morgan fingerprint density at radius 1 is 1.13 bits per heavy atom. The van der Waals surface area contributed by atoms with Crippen molar-refractivity contribution < 1.29 is 31.1 Å². The first-order valence-corrected chi connectivity index (χ1v) is 10.8. The van der Waals surface area contributed by atoms with E-state index in [1.165, 1.54) is 11.0 Å². The van der Waals surface area contributed by atoms with Gasteiger partial charge in [-0.2, -0.15) is 13.2 Å². The van der Waals surface area contributed by atoms with Gasteiger partial charge in [0.2, 0.25) is 15.9 Å². The van der Waals surface area contributed by atoms with Gasteiger partial charge in [-0.1, -0.05) is 12.1 Å². The second kappa shape index (κ2) is 8.65. The number of carbonyl (C=O) groups excluding carboxylic acids is 1. The molecule has 1 unspecified atom stereocenters. The minimum absolute atomic E-state index is 0.0939. The molecule has 1 N–H and O–H groups in total. The third kappa shape index (κ3) is 4.93. The third-order valence-corrected chi connectivity index (χ3v) is 6.19. The summed E-state index contributed by atoms with van der Waals surface area (Å²) in [6.07, 6.45) is -4.70. The summed E-state index contributed by atoms with van der Waals surface area (Å²) >= 11 is 0. The molecule has 0 saturated carbocycles. The van der Waals surface area contributed by atoms with Crippen LogP contribution in [0.3, 0.4) is 0 Å². The lowest BCUT2D eigenvalue weighted by Crippen LogP contribution is -2.32. The molecule has 30 heavy (non-hydrogen) atoms. The molecule has 6 nitrogen and oxygen atoms in total. The Kier molecular flexibility index (Phi) is 6.37. The Labute approximate surface area is 172 Å². The number of carbonyl (C=O) groups is 1. The van der Waals surface area contributed by atoms with E-state index in [2.05, 4.69) is 4.72 Å². The van der Waals surface area contributed by atoms with Crippen LogP contribution in [0.2, 0.25) is 0 Å². The van der Waals surface area contributed by atoms with Gasteiger partial charge in [-0.05, 0) is 49.2 Å². The van der Waals surface area contributed by atoms with E-state index in [-0.39, 0.29) is 31.3 Å². The fourth-order valence-electron chi connectivity index (χ4n) is 3.30. The van der Waals surface area contributed by atoms with Crippen LogP contribution < -0.4 is 14.4 Å². The molecular weight excluding hydrogens is 421 g/mol. The molecule has 1 aliphatic rings. The zero-order valence-corrected chi connectivity index (χ0v) is 17.0. The maximum Gasteiger partial charge on any atom is 0.417 e. The van der Waals surface area contributed by atoms with Gasteiger partial charge in [-0.25, -0.2) is 13.1 Å². The van der Waals surface area contributed by atoms with Crippen molar-refractivity contribution in [2.45, 2.75) is 24.4 Å². The Balaban J connectivity index is 1.68. The maximum atomic E-state index is 13.1. The number of nitrogens with one attached hydrogen (secondary N) is 1. The van der Waals surface area contributed by atoms with Crippen LogP contribution in [0.4, 0.5) is 18.9 Å². The highest BCUT2D eigenvalue weighted by Crippen LogP contribution is 2.34. The first-order valence-electron chi connectivity index (χ1n) is 9.31. The number of alkyl halides is 3. The molecular formula is C20H21F3N2O4S. The lowest BCUT2D eigenvalue weighted by molar-refractivity contribution is -0.139. The minimum Gasteiger partial charge on any atom is -0.494 e. The number of hydrogen-bond acceptors (Lipinski definition) is 4. The normalized spacial score (nSPS) is 17.4. The first kappa shape index (κ1) is 22.1. The summed E-state index contributed by atoms with van der Waals surface area (Å²) < 4.78 is 71.9. The zero-order chi connectivity index (χ0) is 21.9. The lowest BCUT2D eigenvalue weighted by Gasteiger charge is -2.18. The van der Waals surface area contributed by atoms with Gasteiger partial charge in [0.1, 0.15) is 5.75 Å². The first-order chi connectivity index (χ1) is 14.1. The van der Waals surface area contributed by atoms with E-state index in [4.69, 9.17) is 4.74 Å². The summed E-state index contributed by atoms with van der Waals surface area (Å²) in [6.45, 7) is 2.49. The van der Waals surface area contributed by atoms with Crippen molar-refractivity contribution in [3.05, 3.63) is 54.1 Å². The number of rotatable bonds is 7. The highest BCUT2D eigenvalue weighted by atomic mass is 32.2. The van der Waals surface area contributed by atoms with Gasteiger partial charge in [0.05, 0.1) is 17.1 Å². The minimum atomic E-state index is -4.79. The van der Waals surface area contributed by atoms with Crippen LogP contribution in [0, 0.1) is 5.92 Å². The van der Waals surface area contributed by atoms with Gasteiger partial charge in [0, 0.05) is 25.2 Å². The van der Waals surface area contributed by atoms with Crippen LogP contribution in [-0.2, 0) is 21.0 Å². The number of hydrogen-bond donors (Lipinski definition) is 1. The molecule has 0 aromatic heterocycles. The second-order valence-electron chi connectivity index (χ2n) is 6.85. The number of nitrogens with zero attached hydrogens (tertiary/aromatic N) is 1. The van der Waals surface area contributed by atoms with E-state index in [0.717, 1.165) is 18.2 Å². The summed E-state index contributed by atoms with van der Waals surface area (Å²) in [4.78, 5) is 13.0. The summed E-state index contributed by atoms with van der Waals surface area (Å²) in [7, 11) is -4.39. The van der Waals surface area contributed by atoms with Gasteiger partial charge >= 0.3 is 6.18 Å². The third-order valence-electron chi connectivity index (χ3n) is 4.71. The molecule has 10 heteroatoms. The molecule has 162 valence electrons. The SMILES string of the molecule is CCOc1ccc(N2CC(CNS(=O)(=O)c3ccccc3C(F)(F)F)CC2=O)cc1. The van der Waals surface area contributed by atoms with Crippen molar-refractivity contribution in [2.75, 3.05) is 24.6 Å². The summed E-state index contributed by atoms with van der Waals surface area (Å²) in [6, 6.07) is 10.9. The van der Waals surface area contributed by atoms with Crippen molar-refractivity contribution in [2.24, 2.45) is 5.92 Å². The molecule has 1 aliphatic heterocycles. The van der Waals surface area contributed by atoms with E-state index >= 15 is 0 Å². The number of ether oxygens (including phenoxy) is 1. The average molecular weight is 442 g/mol. The van der Waals surface area contributed by atoms with Gasteiger partial charge in [-0.15, -0.1) is 0 Å². The molecule has 0 spiro atoms. The Bertz CT molecular complexity index is 1010. The van der Waals surface area contributed by atoms with Gasteiger partial charge in [0.15, 0.2) is 0 Å². The van der Waals surface area contributed by atoms with E-state index < -0.39 is 26.7 Å². The van der Waals surface area contributed by atoms with Gasteiger partial charge in [-0.3, -0.25) is 4.79 Å². The molecule has 2 aromatic carbocycles. The topological polar surface area (TPSA) is 75.7 Å². The van der Waals surface area contributed by atoms with Crippen molar-refractivity contribution in [3.63, 3.8) is 0 Å². The summed E-state index contributed by atoms with van der Waals surface area (Å²) in [5, 5.41) is 0. The summed E-state index contributed by atoms with van der Waals surface area (Å²) in [5.41, 5.74) is -0.577. The molecule has 0 aliphatic carbocycles. The zero-order valence-electron chi connectivity index (χ0n) is 16.1. The Morgan fingerprint density at radius 3 is 2.43 bits per heavy atom. The second-order valence-corrected chi connectivity index (χ2v) is 8.58. The van der Waals surface area contributed by atoms with Gasteiger partial charge in [0.25, 0.3) is 0 Å². The van der Waals surface area contributed by atoms with Crippen LogP contribution in [0.15, 0.2) is 53.4 Å². The largest absolute Gasteiger partial charge is 0.494 e. The number of sulfonamides is 1. The Morgan fingerprint density at radius 2 is 1.80 bits per heavy atom. The van der Waals surface area contributed by atoms with Crippen LogP contribution in [0.5, 0.6) is 5.75 Å². The molecule has 0 bridgehead atoms. The van der Waals surface area contributed by atoms with Crippen molar-refractivity contribution >= 4 is 21.6 Å². The quantitative estimate of drug-likeness (QED) is 0.713. The molecule has 1 fully saturated rings. The van der Waals surface area contributed by atoms with Crippen molar-refractivity contribution in [1.29, 1.82) is 0 Å². The fourth-order valence-corrected chi connectivity index (χ4v) is 4.64. The monoisotopic (exact) mass is 442 g/mol. The summed E-state index contributed by atoms with van der Waals surface area (Å²) in [5.74, 6) is 0.122. The molecule has 3 rings (SSSR count). The molecule has 0 radical (unpaired) electrons. The smallest absolute Gasteiger partial charge is 0.417 e. The predicted octanol–water partition coefficient (Wildman–Crippen LogP) is 3.44. The molecule has 2 aromatic rings. The van der Waals surface area contributed by atoms with E-state index in [1.807, 2.05) is 6.92 Å². The van der Waals surface area contributed by atoms with Crippen LogP contribution in [-0.4, -0.2) is 34.0 Å². The predicted molar refractivity (Wildman–Crippen MR) is 105 cm³/mol. The van der Waals surface area contributed by atoms with Crippen molar-refractivity contribution in [1.82, 2.24) is 4.72 Å². The fraction of sp³-hybridized carbons (Fsp3) is 0.350. The number of amides is 1. The molecule has 1 amide bonds. The van der Waals surface area contributed by atoms with Crippen LogP contribution >= 0.6 is 0 Å². The lowest BCUT2D eigenvalue weighted by atomic mass is 10.1. The average Bonchev–Trinajstić information content (AvgIpc) is 3.07. The van der Waals surface area contributed by atoms with Gasteiger partial charge < -0.3 is 9.64 Å². The molecule has 1 heterocycles. The highest BCUT2D eigenvalue weighted by Gasteiger charge is 2.37. The molecule has 1 saturated heterocycles. The van der Waals surface area contributed by atoms with E-state index in [1.54, 1.807) is 24.3 Å². The number of benzene rings is 2. The molecule has 1 atom stereocenters. The Hall–Kier alpha value is -2.59. The maximum absolute atomic E-state index is 13.1. The number of halogens is 3. The van der Waals surface area contributed by atoms with E-state index in [0.29, 0.717) is 18.0 Å². The van der Waals surface area contributed by atoms with Crippen molar-refractivity contribution in [3.8, 4) is 5.75 Å². The van der Waals surface area contributed by atoms with Crippen LogP contribution in [0.1, 0.15) is 18.9 Å². The number of anilines is 1. The standard InChI is InChI=1S/C20H21F3N2O4S/c1-2-29-16-9-7-15(8-10-16)25-13-14(11-19(25)26)12-24-30(27,28)18-6-4-3-5-17(18)20(21,22)23/h3-10,14,24H,2,11-13H2,1H3. The van der Waals surface area contributed by atoms with E-state index in [9.17, 15) is 26.4 Å². The van der Waals surface area contributed by atoms with Crippen LogP contribution in [0.25, 0.3) is 0 Å².